The molecular weight excluding hydrogens is 360 g/mol. The van der Waals surface area contributed by atoms with Crippen LogP contribution in [0.5, 0.6) is 0 Å². The third-order valence-electron chi connectivity index (χ3n) is 5.32. The molecule has 0 N–H and O–H groups in total. The number of halogens is 1. The molecular formula is C21H29ClN4O. The Morgan fingerprint density at radius 2 is 2.11 bits per heavy atom. The van der Waals surface area contributed by atoms with Crippen LogP contribution in [-0.2, 0) is 13.0 Å². The first-order chi connectivity index (χ1) is 13.0. The van der Waals surface area contributed by atoms with Gasteiger partial charge in [0.05, 0.1) is 11.8 Å². The van der Waals surface area contributed by atoms with Crippen LogP contribution in [0.3, 0.4) is 0 Å². The van der Waals surface area contributed by atoms with E-state index in [1.165, 1.54) is 18.4 Å². The highest BCUT2D eigenvalue weighted by Gasteiger charge is 2.23. The molecule has 1 aliphatic heterocycles. The molecule has 0 unspecified atom stereocenters. The molecule has 3 rings (SSSR count). The van der Waals surface area contributed by atoms with Crippen molar-refractivity contribution in [3.8, 4) is 0 Å². The third-order valence-corrected chi connectivity index (χ3v) is 5.57. The number of hydrogen-bond donors (Lipinski definition) is 0. The molecule has 1 amide bonds. The molecule has 0 spiro atoms. The summed E-state index contributed by atoms with van der Waals surface area (Å²) in [6.07, 6.45) is 6.92. The summed E-state index contributed by atoms with van der Waals surface area (Å²) in [6.45, 7) is 6.85. The van der Waals surface area contributed by atoms with Gasteiger partial charge in [0.25, 0.3) is 5.91 Å². The third kappa shape index (κ3) is 5.56. The van der Waals surface area contributed by atoms with E-state index in [9.17, 15) is 4.79 Å². The summed E-state index contributed by atoms with van der Waals surface area (Å²) in [6, 6.07) is 8.12. The monoisotopic (exact) mass is 388 g/mol. The van der Waals surface area contributed by atoms with Gasteiger partial charge in [-0.3, -0.25) is 9.48 Å². The molecule has 0 aliphatic carbocycles. The van der Waals surface area contributed by atoms with Gasteiger partial charge in [0, 0.05) is 44.4 Å². The predicted molar refractivity (Wildman–Crippen MR) is 109 cm³/mol. The van der Waals surface area contributed by atoms with Crippen LogP contribution in [0.4, 0.5) is 0 Å². The van der Waals surface area contributed by atoms with Crippen molar-refractivity contribution in [2.75, 3.05) is 33.2 Å². The van der Waals surface area contributed by atoms with Gasteiger partial charge in [0.15, 0.2) is 0 Å². The van der Waals surface area contributed by atoms with Gasteiger partial charge < -0.3 is 9.80 Å². The second-order valence-corrected chi connectivity index (χ2v) is 7.89. The maximum Gasteiger partial charge on any atom is 0.256 e. The van der Waals surface area contributed by atoms with E-state index in [0.717, 1.165) is 44.2 Å². The summed E-state index contributed by atoms with van der Waals surface area (Å²) in [4.78, 5) is 17.0. The Bertz CT molecular complexity index is 743. The van der Waals surface area contributed by atoms with E-state index in [2.05, 4.69) is 22.1 Å². The molecule has 6 heteroatoms. The molecule has 0 bridgehead atoms. The van der Waals surface area contributed by atoms with E-state index in [0.29, 0.717) is 11.5 Å². The maximum absolute atomic E-state index is 12.6. The first kappa shape index (κ1) is 19.9. The summed E-state index contributed by atoms with van der Waals surface area (Å²) in [5.41, 5.74) is 2.00. The van der Waals surface area contributed by atoms with Crippen molar-refractivity contribution in [2.24, 2.45) is 5.92 Å². The molecule has 0 radical (unpaired) electrons. The molecule has 1 aromatic carbocycles. The van der Waals surface area contributed by atoms with Crippen molar-refractivity contribution < 1.29 is 4.79 Å². The second-order valence-electron chi connectivity index (χ2n) is 7.46. The Labute approximate surface area is 166 Å². The molecule has 146 valence electrons. The number of rotatable bonds is 7. The van der Waals surface area contributed by atoms with Crippen LogP contribution >= 0.6 is 11.6 Å². The number of benzene rings is 1. The zero-order valence-corrected chi connectivity index (χ0v) is 17.0. The Balaban J connectivity index is 1.48. The quantitative estimate of drug-likeness (QED) is 0.727. The highest BCUT2D eigenvalue weighted by Crippen LogP contribution is 2.19. The maximum atomic E-state index is 12.6. The van der Waals surface area contributed by atoms with E-state index in [1.807, 2.05) is 37.2 Å². The Morgan fingerprint density at radius 3 is 2.81 bits per heavy atom. The fraction of sp³-hybridized carbons (Fsp3) is 0.524. The van der Waals surface area contributed by atoms with E-state index in [-0.39, 0.29) is 5.91 Å². The van der Waals surface area contributed by atoms with Gasteiger partial charge in [-0.15, -0.1) is 0 Å². The van der Waals surface area contributed by atoms with E-state index in [4.69, 9.17) is 11.6 Å². The molecule has 2 heterocycles. The zero-order valence-electron chi connectivity index (χ0n) is 16.3. The van der Waals surface area contributed by atoms with Gasteiger partial charge in [-0.1, -0.05) is 23.7 Å². The van der Waals surface area contributed by atoms with Gasteiger partial charge in [-0.2, -0.15) is 5.10 Å². The number of aryl methyl sites for hydroxylation is 1. The van der Waals surface area contributed by atoms with Crippen LogP contribution in [0.25, 0.3) is 0 Å². The van der Waals surface area contributed by atoms with Crippen LogP contribution in [0.1, 0.15) is 35.7 Å². The summed E-state index contributed by atoms with van der Waals surface area (Å²) in [5, 5.41) is 4.99. The van der Waals surface area contributed by atoms with Crippen molar-refractivity contribution >= 4 is 17.5 Å². The highest BCUT2D eigenvalue weighted by atomic mass is 35.5. The van der Waals surface area contributed by atoms with Gasteiger partial charge >= 0.3 is 0 Å². The van der Waals surface area contributed by atoms with Crippen LogP contribution in [0.2, 0.25) is 5.02 Å². The van der Waals surface area contributed by atoms with Crippen molar-refractivity contribution in [1.29, 1.82) is 0 Å². The lowest BCUT2D eigenvalue weighted by molar-refractivity contribution is 0.0730. The number of nitrogens with zero attached hydrogens (tertiary/aromatic N) is 4. The molecule has 1 aliphatic rings. The smallest absolute Gasteiger partial charge is 0.256 e. The minimum atomic E-state index is 0.0630. The Kier molecular flexibility index (Phi) is 6.91. The molecule has 1 fully saturated rings. The molecule has 1 atom stereocenters. The number of aromatic nitrogens is 2. The Morgan fingerprint density at radius 1 is 1.33 bits per heavy atom. The first-order valence-corrected chi connectivity index (χ1v) is 10.2. The lowest BCUT2D eigenvalue weighted by Gasteiger charge is -2.34. The lowest BCUT2D eigenvalue weighted by atomic mass is 9.97. The topological polar surface area (TPSA) is 41.4 Å². The van der Waals surface area contributed by atoms with Crippen LogP contribution < -0.4 is 0 Å². The van der Waals surface area contributed by atoms with Crippen LogP contribution in [0, 0.1) is 5.92 Å². The van der Waals surface area contributed by atoms with Crippen molar-refractivity contribution in [3.63, 3.8) is 0 Å². The number of hydrogen-bond acceptors (Lipinski definition) is 3. The van der Waals surface area contributed by atoms with E-state index < -0.39 is 0 Å². The molecule has 1 aromatic heterocycles. The van der Waals surface area contributed by atoms with Gasteiger partial charge in [0.2, 0.25) is 0 Å². The highest BCUT2D eigenvalue weighted by molar-refractivity contribution is 6.30. The average Bonchev–Trinajstić information content (AvgIpc) is 3.16. The number of carbonyl (C=O) groups excluding carboxylic acids is 1. The van der Waals surface area contributed by atoms with Crippen LogP contribution in [-0.4, -0.2) is 58.7 Å². The molecule has 5 nitrogen and oxygen atoms in total. The van der Waals surface area contributed by atoms with Gasteiger partial charge in [-0.05, 0) is 56.3 Å². The second kappa shape index (κ2) is 9.38. The summed E-state index contributed by atoms with van der Waals surface area (Å²) in [5.74, 6) is 0.590. The van der Waals surface area contributed by atoms with E-state index >= 15 is 0 Å². The summed E-state index contributed by atoms with van der Waals surface area (Å²) < 4.78 is 1.79. The summed E-state index contributed by atoms with van der Waals surface area (Å²) in [7, 11) is 1.90. The van der Waals surface area contributed by atoms with Crippen molar-refractivity contribution in [2.45, 2.75) is 32.7 Å². The fourth-order valence-corrected chi connectivity index (χ4v) is 3.91. The fourth-order valence-electron chi connectivity index (χ4n) is 3.78. The first-order valence-electron chi connectivity index (χ1n) is 9.80. The number of amides is 1. The largest absolute Gasteiger partial charge is 0.341 e. The zero-order chi connectivity index (χ0) is 19.2. The molecule has 0 saturated carbocycles. The number of piperidine rings is 1. The van der Waals surface area contributed by atoms with Crippen LogP contribution in [0.15, 0.2) is 36.7 Å². The minimum Gasteiger partial charge on any atom is -0.341 e. The standard InChI is InChI=1S/C21H29ClN4O/c1-3-26-16-19(13-23-26)21(27)24(2)14-18-5-4-11-25(15-18)12-10-17-6-8-20(22)9-7-17/h6-9,13,16,18H,3-5,10-12,14-15H2,1-2H3/t18-/m0/s1. The minimum absolute atomic E-state index is 0.0630. The van der Waals surface area contributed by atoms with Crippen molar-refractivity contribution in [1.82, 2.24) is 19.6 Å². The number of carbonyl (C=O) groups is 1. The number of likely N-dealkylation sites (tertiary alicyclic amines) is 1. The average molecular weight is 389 g/mol. The lowest BCUT2D eigenvalue weighted by Crippen LogP contribution is -2.42. The van der Waals surface area contributed by atoms with Gasteiger partial charge in [-0.25, -0.2) is 0 Å². The molecule has 2 aromatic rings. The van der Waals surface area contributed by atoms with Crippen molar-refractivity contribution in [3.05, 3.63) is 52.8 Å². The molecule has 1 saturated heterocycles. The summed E-state index contributed by atoms with van der Waals surface area (Å²) >= 11 is 5.96. The SMILES string of the molecule is CCn1cc(C(=O)N(C)C[C@@H]2CCCN(CCc3ccc(Cl)cc3)C2)cn1. The predicted octanol–water partition coefficient (Wildman–Crippen LogP) is 3.58. The van der Waals surface area contributed by atoms with E-state index in [1.54, 1.807) is 10.9 Å². The van der Waals surface area contributed by atoms with Gasteiger partial charge in [0.1, 0.15) is 0 Å². The normalized spacial score (nSPS) is 17.8. The molecule has 27 heavy (non-hydrogen) atoms. The Hall–Kier alpha value is -1.85.